The van der Waals surface area contributed by atoms with Gasteiger partial charge in [0.05, 0.1) is 17.4 Å². The van der Waals surface area contributed by atoms with Gasteiger partial charge in [-0.1, -0.05) is 12.1 Å². The highest BCUT2D eigenvalue weighted by Gasteiger charge is 2.36. The van der Waals surface area contributed by atoms with E-state index in [1.54, 1.807) is 6.07 Å². The summed E-state index contributed by atoms with van der Waals surface area (Å²) in [6, 6.07) is 10.6. The van der Waals surface area contributed by atoms with Crippen molar-refractivity contribution < 1.29 is 5.11 Å². The molecule has 0 saturated carbocycles. The van der Waals surface area contributed by atoms with E-state index in [0.717, 1.165) is 54.9 Å². The molecule has 34 heavy (non-hydrogen) atoms. The molecule has 0 unspecified atom stereocenters. The summed E-state index contributed by atoms with van der Waals surface area (Å²) >= 11 is 0. The van der Waals surface area contributed by atoms with Crippen LogP contribution in [0, 0.1) is 5.92 Å². The van der Waals surface area contributed by atoms with Crippen LogP contribution in [0.4, 0.5) is 11.5 Å². The maximum atomic E-state index is 10.3. The molecule has 4 aliphatic heterocycles. The van der Waals surface area contributed by atoms with Crippen molar-refractivity contribution in [2.24, 2.45) is 5.92 Å². The molecule has 1 atom stereocenters. The van der Waals surface area contributed by atoms with Crippen molar-refractivity contribution in [1.82, 2.24) is 25.3 Å². The Morgan fingerprint density at radius 1 is 0.941 bits per heavy atom. The van der Waals surface area contributed by atoms with Crippen LogP contribution >= 0.6 is 0 Å². The molecule has 3 saturated heterocycles. The summed E-state index contributed by atoms with van der Waals surface area (Å²) in [7, 11) is 0. The molecule has 8 heteroatoms. The Balaban J connectivity index is 1.08. The number of aromatic hydroxyl groups is 1. The van der Waals surface area contributed by atoms with Gasteiger partial charge in [-0.25, -0.2) is 0 Å². The number of phenolic OH excluding ortho intramolecular Hbond substituents is 1. The maximum absolute atomic E-state index is 10.3. The topological polar surface area (TPSA) is 79.8 Å². The lowest BCUT2D eigenvalue weighted by Gasteiger charge is -2.49. The molecule has 8 nitrogen and oxygen atoms in total. The maximum Gasteiger partial charge on any atom is 0.172 e. The number of anilines is 2. The summed E-state index contributed by atoms with van der Waals surface area (Å²) in [6.07, 6.45) is 5.28. The normalized spacial score (nSPS) is 24.9. The average Bonchev–Trinajstić information content (AvgIpc) is 2.89. The van der Waals surface area contributed by atoms with Crippen LogP contribution in [0.3, 0.4) is 0 Å². The number of aromatic nitrogens is 2. The zero-order valence-electron chi connectivity index (χ0n) is 20.0. The summed E-state index contributed by atoms with van der Waals surface area (Å²) in [6.45, 7) is 10.3. The molecule has 6 rings (SSSR count). The van der Waals surface area contributed by atoms with Crippen LogP contribution in [-0.2, 0) is 0 Å². The molecule has 0 aliphatic carbocycles. The van der Waals surface area contributed by atoms with Crippen molar-refractivity contribution in [1.29, 1.82) is 0 Å². The third-order valence-electron chi connectivity index (χ3n) is 8.33. The van der Waals surface area contributed by atoms with Gasteiger partial charge in [0, 0.05) is 44.3 Å². The molecule has 3 fully saturated rings. The van der Waals surface area contributed by atoms with Crippen LogP contribution in [0.5, 0.6) is 5.75 Å². The molecule has 0 bridgehead atoms. The van der Waals surface area contributed by atoms with Crippen molar-refractivity contribution in [3.63, 3.8) is 0 Å². The van der Waals surface area contributed by atoms with E-state index >= 15 is 0 Å². The lowest BCUT2D eigenvalue weighted by atomic mass is 9.95. The molecule has 1 aromatic carbocycles. The van der Waals surface area contributed by atoms with Gasteiger partial charge in [0.25, 0.3) is 0 Å². The van der Waals surface area contributed by atoms with Gasteiger partial charge < -0.3 is 25.5 Å². The minimum atomic E-state index is 0.244. The highest BCUT2D eigenvalue weighted by Crippen LogP contribution is 2.36. The first kappa shape index (κ1) is 22.1. The number of rotatable bonds is 4. The molecule has 5 heterocycles. The standard InChI is InChI=1S/C26H37N7O/c34-25-4-2-1-3-22(25)23-15-24-26(30-29-23)28-16-21-18-32(13-14-33(21)24)20-7-11-31(12-8-20)17-19-5-9-27-10-6-19/h1-4,15,19-21,27,34H,5-14,16-18H2,(H,28,30)/t21-/m0/s1. The number of piperidine rings is 2. The molecule has 4 aliphatic rings. The van der Waals surface area contributed by atoms with Crippen molar-refractivity contribution >= 4 is 11.5 Å². The number of nitrogens with zero attached hydrogens (tertiary/aromatic N) is 5. The summed E-state index contributed by atoms with van der Waals surface area (Å²) in [5, 5.41) is 26.1. The van der Waals surface area contributed by atoms with Crippen LogP contribution in [0.15, 0.2) is 30.3 Å². The fraction of sp³-hybridized carbons (Fsp3) is 0.615. The quantitative estimate of drug-likeness (QED) is 0.637. The first-order valence-electron chi connectivity index (χ1n) is 13.1. The first-order chi connectivity index (χ1) is 16.7. The average molecular weight is 464 g/mol. The molecule has 182 valence electrons. The third kappa shape index (κ3) is 4.46. The zero-order chi connectivity index (χ0) is 22.9. The van der Waals surface area contributed by atoms with Gasteiger partial charge in [-0.05, 0) is 76.0 Å². The van der Waals surface area contributed by atoms with E-state index in [1.165, 1.54) is 58.4 Å². The SMILES string of the molecule is Oc1ccccc1-c1cc2c(nn1)NC[C@H]1CN(C3CCN(CC4CCNCC4)CC3)CCN21. The van der Waals surface area contributed by atoms with E-state index in [4.69, 9.17) is 0 Å². The highest BCUT2D eigenvalue weighted by molar-refractivity contribution is 5.76. The van der Waals surface area contributed by atoms with Gasteiger partial charge >= 0.3 is 0 Å². The number of para-hydroxylation sites is 1. The second-order valence-corrected chi connectivity index (χ2v) is 10.4. The zero-order valence-corrected chi connectivity index (χ0v) is 20.0. The summed E-state index contributed by atoms with van der Waals surface area (Å²) < 4.78 is 0. The molecule has 2 aromatic rings. The second kappa shape index (κ2) is 9.68. The van der Waals surface area contributed by atoms with Crippen molar-refractivity contribution in [3.05, 3.63) is 30.3 Å². The molecule has 1 aromatic heterocycles. The van der Waals surface area contributed by atoms with Gasteiger partial charge in [-0.15, -0.1) is 10.2 Å². The van der Waals surface area contributed by atoms with Crippen LogP contribution < -0.4 is 15.5 Å². The minimum absolute atomic E-state index is 0.244. The highest BCUT2D eigenvalue weighted by atomic mass is 16.3. The number of benzene rings is 1. The Bertz CT molecular complexity index is 987. The van der Waals surface area contributed by atoms with Crippen LogP contribution in [0.25, 0.3) is 11.3 Å². The van der Waals surface area contributed by atoms with Gasteiger partial charge in [0.15, 0.2) is 5.82 Å². The van der Waals surface area contributed by atoms with E-state index < -0.39 is 0 Å². The number of phenols is 1. The van der Waals surface area contributed by atoms with Crippen LogP contribution in [-0.4, -0.2) is 96.1 Å². The predicted molar refractivity (Wildman–Crippen MR) is 135 cm³/mol. The lowest BCUT2D eigenvalue weighted by molar-refractivity contribution is 0.0822. The predicted octanol–water partition coefficient (Wildman–Crippen LogP) is 2.23. The molecule has 3 N–H and O–H groups in total. The fourth-order valence-corrected chi connectivity index (χ4v) is 6.36. The Labute approximate surface area is 202 Å². The lowest BCUT2D eigenvalue weighted by Crippen LogP contribution is -2.61. The number of likely N-dealkylation sites (tertiary alicyclic amines) is 1. The number of hydrogen-bond acceptors (Lipinski definition) is 8. The Morgan fingerprint density at radius 3 is 2.59 bits per heavy atom. The molecular formula is C26H37N7O. The van der Waals surface area contributed by atoms with Crippen molar-refractivity contribution in [2.75, 3.05) is 69.1 Å². The van der Waals surface area contributed by atoms with Crippen molar-refractivity contribution in [3.8, 4) is 17.0 Å². The molecule has 0 amide bonds. The number of fused-ring (bicyclic) bond motifs is 3. The van der Waals surface area contributed by atoms with E-state index in [1.807, 2.05) is 18.2 Å². The summed E-state index contributed by atoms with van der Waals surface area (Å²) in [5.41, 5.74) is 2.57. The molecule has 0 radical (unpaired) electrons. The first-order valence-corrected chi connectivity index (χ1v) is 13.1. The van der Waals surface area contributed by atoms with Crippen molar-refractivity contribution in [2.45, 2.75) is 37.8 Å². The van der Waals surface area contributed by atoms with Crippen LogP contribution in [0.1, 0.15) is 25.7 Å². The van der Waals surface area contributed by atoms with E-state index in [9.17, 15) is 5.11 Å². The Morgan fingerprint density at radius 2 is 1.76 bits per heavy atom. The summed E-state index contributed by atoms with van der Waals surface area (Å²) in [4.78, 5) is 7.97. The van der Waals surface area contributed by atoms with E-state index in [0.29, 0.717) is 12.1 Å². The second-order valence-electron chi connectivity index (χ2n) is 10.4. The van der Waals surface area contributed by atoms with Gasteiger partial charge in [-0.2, -0.15) is 0 Å². The third-order valence-corrected chi connectivity index (χ3v) is 8.33. The number of hydrogen-bond donors (Lipinski definition) is 3. The van der Waals surface area contributed by atoms with E-state index in [2.05, 4.69) is 41.6 Å². The molecular weight excluding hydrogens is 426 g/mol. The van der Waals surface area contributed by atoms with E-state index in [-0.39, 0.29) is 5.75 Å². The van der Waals surface area contributed by atoms with Gasteiger partial charge in [0.2, 0.25) is 0 Å². The molecule has 0 spiro atoms. The number of piperazine rings is 1. The number of nitrogens with one attached hydrogen (secondary N) is 2. The Kier molecular flexibility index (Phi) is 6.28. The fourth-order valence-electron chi connectivity index (χ4n) is 6.36. The van der Waals surface area contributed by atoms with Gasteiger partial charge in [0.1, 0.15) is 5.75 Å². The van der Waals surface area contributed by atoms with Crippen LogP contribution in [0.2, 0.25) is 0 Å². The summed E-state index contributed by atoms with van der Waals surface area (Å²) in [5.74, 6) is 1.99. The van der Waals surface area contributed by atoms with Gasteiger partial charge in [-0.3, -0.25) is 4.90 Å². The minimum Gasteiger partial charge on any atom is -0.507 e. The monoisotopic (exact) mass is 463 g/mol. The Hall–Kier alpha value is -2.42. The largest absolute Gasteiger partial charge is 0.507 e. The smallest absolute Gasteiger partial charge is 0.172 e.